The molecule has 4 unspecified atom stereocenters. The first-order valence-electron chi connectivity index (χ1n) is 11.5. The number of carbonyl (C=O) groups excluding carboxylic acids is 1. The molecular formula is C24H30N2O4. The van der Waals surface area contributed by atoms with Crippen LogP contribution in [0.25, 0.3) is 0 Å². The van der Waals surface area contributed by atoms with Gasteiger partial charge in [0.25, 0.3) is 0 Å². The number of nitrogens with zero attached hydrogens (tertiary/aromatic N) is 2. The molecule has 6 heteroatoms. The lowest BCUT2D eigenvalue weighted by molar-refractivity contribution is -0.134. The summed E-state index contributed by atoms with van der Waals surface area (Å²) in [4.78, 5) is 18.5. The summed E-state index contributed by atoms with van der Waals surface area (Å²) >= 11 is 0. The zero-order valence-corrected chi connectivity index (χ0v) is 18.0. The predicted octanol–water partition coefficient (Wildman–Crippen LogP) is 2.44. The number of hydrogen-bond acceptors (Lipinski definition) is 5. The molecule has 160 valence electrons. The highest BCUT2D eigenvalue weighted by molar-refractivity contribution is 5.99. The van der Waals surface area contributed by atoms with Crippen molar-refractivity contribution < 1.29 is 19.0 Å². The van der Waals surface area contributed by atoms with E-state index in [2.05, 4.69) is 28.9 Å². The number of anilines is 1. The van der Waals surface area contributed by atoms with E-state index in [0.717, 1.165) is 31.0 Å². The Kier molecular flexibility index (Phi) is 3.40. The SMILES string of the molecule is COc1cc2c(cc1OC)[C@@]13CCN4CC5C(C)COC6CC(=O)N2C1[C@@H]6[C@@H]5C[C@@H]43. The molecule has 6 aliphatic rings. The van der Waals surface area contributed by atoms with Gasteiger partial charge in [0.2, 0.25) is 5.91 Å². The van der Waals surface area contributed by atoms with Gasteiger partial charge in [-0.25, -0.2) is 0 Å². The van der Waals surface area contributed by atoms with Crippen molar-refractivity contribution >= 4 is 11.6 Å². The fourth-order valence-electron chi connectivity index (χ4n) is 8.57. The molecule has 1 spiro atoms. The maximum atomic E-state index is 13.6. The number of methoxy groups -OCH3 is 2. The summed E-state index contributed by atoms with van der Waals surface area (Å²) in [6.07, 6.45) is 2.94. The van der Waals surface area contributed by atoms with Gasteiger partial charge in [-0.05, 0) is 48.8 Å². The first kappa shape index (κ1) is 17.8. The predicted molar refractivity (Wildman–Crippen MR) is 111 cm³/mol. The number of rotatable bonds is 2. The van der Waals surface area contributed by atoms with E-state index in [1.807, 2.05) is 0 Å². The quantitative estimate of drug-likeness (QED) is 0.750. The summed E-state index contributed by atoms with van der Waals surface area (Å²) in [6.45, 7) is 5.47. The largest absolute Gasteiger partial charge is 0.493 e. The molecule has 5 heterocycles. The molecule has 30 heavy (non-hydrogen) atoms. The van der Waals surface area contributed by atoms with Gasteiger partial charge < -0.3 is 19.1 Å². The second kappa shape index (κ2) is 5.71. The molecule has 0 N–H and O–H groups in total. The van der Waals surface area contributed by atoms with E-state index in [9.17, 15) is 4.79 Å². The lowest BCUT2D eigenvalue weighted by Gasteiger charge is -2.60. The zero-order chi connectivity index (χ0) is 20.4. The molecule has 0 radical (unpaired) electrons. The van der Waals surface area contributed by atoms with Crippen LogP contribution in [-0.4, -0.2) is 62.9 Å². The Balaban J connectivity index is 1.50. The monoisotopic (exact) mass is 410 g/mol. The van der Waals surface area contributed by atoms with Crippen LogP contribution in [0.4, 0.5) is 5.69 Å². The summed E-state index contributed by atoms with van der Waals surface area (Å²) in [5, 5.41) is 0. The Labute approximate surface area is 177 Å². The highest BCUT2D eigenvalue weighted by Gasteiger charge is 2.72. The van der Waals surface area contributed by atoms with Gasteiger partial charge in [-0.2, -0.15) is 0 Å². The summed E-state index contributed by atoms with van der Waals surface area (Å²) in [7, 11) is 3.38. The minimum atomic E-state index is -0.00765. The van der Waals surface area contributed by atoms with Crippen LogP contribution in [0.1, 0.15) is 31.7 Å². The molecule has 0 aromatic heterocycles. The van der Waals surface area contributed by atoms with E-state index in [4.69, 9.17) is 14.2 Å². The second-order valence-corrected chi connectivity index (χ2v) is 10.4. The van der Waals surface area contributed by atoms with Crippen LogP contribution in [0.3, 0.4) is 0 Å². The van der Waals surface area contributed by atoms with Crippen LogP contribution in [0.2, 0.25) is 0 Å². The third kappa shape index (κ3) is 1.84. The fourth-order valence-corrected chi connectivity index (χ4v) is 8.57. The van der Waals surface area contributed by atoms with E-state index < -0.39 is 0 Å². The van der Waals surface area contributed by atoms with Gasteiger partial charge >= 0.3 is 0 Å². The molecule has 4 saturated heterocycles. The van der Waals surface area contributed by atoms with Crippen LogP contribution in [0, 0.1) is 23.7 Å². The highest BCUT2D eigenvalue weighted by atomic mass is 16.5. The topological polar surface area (TPSA) is 51.2 Å². The maximum Gasteiger partial charge on any atom is 0.229 e. The first-order chi connectivity index (χ1) is 14.6. The Morgan fingerprint density at radius 3 is 2.77 bits per heavy atom. The lowest BCUT2D eigenvalue weighted by Crippen LogP contribution is -2.70. The van der Waals surface area contributed by atoms with Crippen LogP contribution in [-0.2, 0) is 14.9 Å². The highest BCUT2D eigenvalue weighted by Crippen LogP contribution is 2.67. The molecule has 7 rings (SSSR count). The van der Waals surface area contributed by atoms with Crippen molar-refractivity contribution in [2.24, 2.45) is 23.7 Å². The smallest absolute Gasteiger partial charge is 0.229 e. The van der Waals surface area contributed by atoms with Gasteiger partial charge in [0.05, 0.1) is 38.5 Å². The van der Waals surface area contributed by atoms with Crippen molar-refractivity contribution in [3.8, 4) is 11.5 Å². The fraction of sp³-hybridized carbons (Fsp3) is 0.708. The lowest BCUT2D eigenvalue weighted by atomic mass is 9.52. The molecule has 8 atom stereocenters. The first-order valence-corrected chi connectivity index (χ1v) is 11.5. The van der Waals surface area contributed by atoms with Gasteiger partial charge in [0, 0.05) is 36.6 Å². The number of carbonyl (C=O) groups is 1. The average Bonchev–Trinajstić information content (AvgIpc) is 3.25. The summed E-state index contributed by atoms with van der Waals surface area (Å²) < 4.78 is 17.8. The van der Waals surface area contributed by atoms with Crippen molar-refractivity contribution in [2.75, 3.05) is 38.8 Å². The van der Waals surface area contributed by atoms with E-state index in [1.165, 1.54) is 18.5 Å². The van der Waals surface area contributed by atoms with Gasteiger partial charge in [-0.1, -0.05) is 6.92 Å². The molecule has 1 saturated carbocycles. The minimum Gasteiger partial charge on any atom is -0.493 e. The van der Waals surface area contributed by atoms with Gasteiger partial charge in [-0.3, -0.25) is 9.69 Å². The molecule has 2 bridgehead atoms. The van der Waals surface area contributed by atoms with E-state index >= 15 is 0 Å². The average molecular weight is 411 g/mol. The standard InChI is InChI=1S/C24H30N2O4/c1-12-11-30-19-9-21(27)26-16-8-18(29-3)17(28-2)7-15(16)24-4-5-25-10-14(12)13(6-20(24)25)22(19)23(24)26/h7-8,12-14,19-20,22-23H,4-6,9-11H2,1-3H3/t12?,13-,14?,19?,20-,22-,23?,24-/m1/s1. The molecule has 1 aliphatic carbocycles. The molecule has 5 fully saturated rings. The third-order valence-corrected chi connectivity index (χ3v) is 9.64. The normalized spacial score (nSPS) is 45.2. The van der Waals surface area contributed by atoms with Gasteiger partial charge in [-0.15, -0.1) is 0 Å². The van der Waals surface area contributed by atoms with Crippen molar-refractivity contribution in [1.29, 1.82) is 0 Å². The van der Waals surface area contributed by atoms with Crippen molar-refractivity contribution in [1.82, 2.24) is 4.90 Å². The van der Waals surface area contributed by atoms with Crippen molar-refractivity contribution in [3.05, 3.63) is 17.7 Å². The summed E-state index contributed by atoms with van der Waals surface area (Å²) in [5.74, 6) is 4.02. The number of piperidine rings is 2. The number of benzene rings is 1. The Hall–Kier alpha value is -1.79. The number of fused-ring (bicyclic) bond motifs is 2. The number of hydrogen-bond donors (Lipinski definition) is 0. The third-order valence-electron chi connectivity index (χ3n) is 9.64. The second-order valence-electron chi connectivity index (χ2n) is 10.4. The van der Waals surface area contributed by atoms with E-state index in [1.54, 1.807) is 14.2 Å². The van der Waals surface area contributed by atoms with E-state index in [-0.39, 0.29) is 23.5 Å². The Morgan fingerprint density at radius 2 is 1.97 bits per heavy atom. The van der Waals surface area contributed by atoms with Crippen LogP contribution in [0.15, 0.2) is 12.1 Å². The van der Waals surface area contributed by atoms with Gasteiger partial charge in [0.15, 0.2) is 11.5 Å². The molecule has 5 aliphatic heterocycles. The van der Waals surface area contributed by atoms with Crippen LogP contribution in [0.5, 0.6) is 11.5 Å². The minimum absolute atomic E-state index is 0.00765. The zero-order valence-electron chi connectivity index (χ0n) is 18.0. The Morgan fingerprint density at radius 1 is 1.17 bits per heavy atom. The Bertz CT molecular complexity index is 949. The van der Waals surface area contributed by atoms with Crippen LogP contribution >= 0.6 is 0 Å². The van der Waals surface area contributed by atoms with Crippen molar-refractivity contribution in [2.45, 2.75) is 49.8 Å². The molecule has 6 nitrogen and oxygen atoms in total. The maximum absolute atomic E-state index is 13.6. The molecule has 1 aromatic rings. The van der Waals surface area contributed by atoms with Gasteiger partial charge in [0.1, 0.15) is 0 Å². The van der Waals surface area contributed by atoms with Crippen LogP contribution < -0.4 is 14.4 Å². The summed E-state index contributed by atoms with van der Waals surface area (Å²) in [6, 6.07) is 4.96. The molecule has 1 aromatic carbocycles. The number of ether oxygens (including phenoxy) is 3. The molecular weight excluding hydrogens is 380 g/mol. The molecule has 1 amide bonds. The number of amides is 1. The van der Waals surface area contributed by atoms with E-state index in [0.29, 0.717) is 41.9 Å². The summed E-state index contributed by atoms with van der Waals surface area (Å²) in [5.41, 5.74) is 2.36. The van der Waals surface area contributed by atoms with Crippen molar-refractivity contribution in [3.63, 3.8) is 0 Å².